The maximum Gasteiger partial charge on any atom is 0.234 e. The molecule has 1 amide bonds. The van der Waals surface area contributed by atoms with Crippen molar-refractivity contribution in [2.45, 2.75) is 4.90 Å². The lowest BCUT2D eigenvalue weighted by atomic mass is 10.2. The van der Waals surface area contributed by atoms with Crippen LogP contribution in [0.15, 0.2) is 59.6 Å². The summed E-state index contributed by atoms with van der Waals surface area (Å²) in [5, 5.41) is 4.64. The topological polar surface area (TPSA) is 42.0 Å². The number of halogens is 2. The molecule has 0 saturated heterocycles. The summed E-state index contributed by atoms with van der Waals surface area (Å²) in [4.78, 5) is 17.5. The lowest BCUT2D eigenvalue weighted by molar-refractivity contribution is -0.113. The second-order valence-electron chi connectivity index (χ2n) is 4.76. The van der Waals surface area contributed by atoms with Gasteiger partial charge in [-0.05, 0) is 24.3 Å². The lowest BCUT2D eigenvalue weighted by Crippen LogP contribution is -2.14. The summed E-state index contributed by atoms with van der Waals surface area (Å²) in [6.07, 6.45) is 1.75. The Labute approximate surface area is 148 Å². The molecule has 0 spiro atoms. The molecule has 3 nitrogen and oxygen atoms in total. The third-order valence-corrected chi connectivity index (χ3v) is 4.86. The normalized spacial score (nSPS) is 10.7. The van der Waals surface area contributed by atoms with Crippen LogP contribution in [0, 0.1) is 0 Å². The van der Waals surface area contributed by atoms with Gasteiger partial charge in [-0.15, -0.1) is 11.8 Å². The summed E-state index contributed by atoms with van der Waals surface area (Å²) in [6.45, 7) is 0. The van der Waals surface area contributed by atoms with Crippen LogP contribution < -0.4 is 5.32 Å². The van der Waals surface area contributed by atoms with Gasteiger partial charge in [0.2, 0.25) is 5.91 Å². The van der Waals surface area contributed by atoms with Gasteiger partial charge < -0.3 is 5.32 Å². The molecule has 1 N–H and O–H groups in total. The highest BCUT2D eigenvalue weighted by Crippen LogP contribution is 2.31. The number of carbonyl (C=O) groups excluding carboxylic acids is 1. The molecule has 6 heteroatoms. The van der Waals surface area contributed by atoms with Crippen LogP contribution in [0.1, 0.15) is 0 Å². The smallest absolute Gasteiger partial charge is 0.234 e. The standard InChI is InChI=1S/C17H12Cl2N2OS/c18-12-6-2-7-13(19)17(12)21-15(22)10-23-14-8-1-4-11-5-3-9-20-16(11)14/h1-9H,10H2,(H,21,22). The number of nitrogens with zero attached hydrogens (tertiary/aromatic N) is 1. The third kappa shape index (κ3) is 3.78. The molecule has 1 heterocycles. The van der Waals surface area contributed by atoms with Crippen molar-refractivity contribution in [1.82, 2.24) is 4.98 Å². The Morgan fingerprint density at radius 1 is 1.04 bits per heavy atom. The van der Waals surface area contributed by atoms with E-state index in [2.05, 4.69) is 10.3 Å². The minimum atomic E-state index is -0.169. The molecule has 0 fully saturated rings. The first-order valence-corrected chi connectivity index (χ1v) is 8.60. The van der Waals surface area contributed by atoms with Crippen molar-refractivity contribution in [3.63, 3.8) is 0 Å². The number of hydrogen-bond acceptors (Lipinski definition) is 3. The quantitative estimate of drug-likeness (QED) is 0.642. The summed E-state index contributed by atoms with van der Waals surface area (Å²) in [5.41, 5.74) is 1.33. The fourth-order valence-corrected chi connectivity index (χ4v) is 3.46. The number of thioether (sulfide) groups is 1. The molecule has 2 aromatic carbocycles. The summed E-state index contributed by atoms with van der Waals surface area (Å²) in [7, 11) is 0. The number of carbonyl (C=O) groups is 1. The van der Waals surface area contributed by atoms with Gasteiger partial charge >= 0.3 is 0 Å². The van der Waals surface area contributed by atoms with Crippen LogP contribution in [-0.2, 0) is 4.79 Å². The molecule has 3 rings (SSSR count). The fourth-order valence-electron chi connectivity index (χ4n) is 2.13. The zero-order valence-corrected chi connectivity index (χ0v) is 14.3. The van der Waals surface area contributed by atoms with E-state index in [1.165, 1.54) is 11.8 Å². The molecule has 116 valence electrons. The molecule has 0 atom stereocenters. The molecule has 0 unspecified atom stereocenters. The predicted octanol–water partition coefficient (Wildman–Crippen LogP) is 5.27. The summed E-state index contributed by atoms with van der Waals surface area (Å²) in [5.74, 6) is 0.0787. The highest BCUT2D eigenvalue weighted by molar-refractivity contribution is 8.00. The predicted molar refractivity (Wildman–Crippen MR) is 97.6 cm³/mol. The zero-order chi connectivity index (χ0) is 16.2. The van der Waals surface area contributed by atoms with Crippen LogP contribution >= 0.6 is 35.0 Å². The molecule has 0 aliphatic heterocycles. The molecule has 0 aliphatic carbocycles. The van der Waals surface area contributed by atoms with Crippen LogP contribution in [-0.4, -0.2) is 16.6 Å². The van der Waals surface area contributed by atoms with Crippen LogP contribution in [0.4, 0.5) is 5.69 Å². The van der Waals surface area contributed by atoms with Crippen molar-refractivity contribution in [2.24, 2.45) is 0 Å². The van der Waals surface area contributed by atoms with Gasteiger partial charge in [0, 0.05) is 16.5 Å². The summed E-state index contributed by atoms with van der Waals surface area (Å²) in [6, 6.07) is 14.9. The number of aromatic nitrogens is 1. The Balaban J connectivity index is 1.71. The lowest BCUT2D eigenvalue weighted by Gasteiger charge is -2.09. The highest BCUT2D eigenvalue weighted by atomic mass is 35.5. The number of anilines is 1. The van der Waals surface area contributed by atoms with Crippen molar-refractivity contribution in [2.75, 3.05) is 11.1 Å². The van der Waals surface area contributed by atoms with Crippen molar-refractivity contribution >= 4 is 57.5 Å². The first-order valence-electron chi connectivity index (χ1n) is 6.85. The Morgan fingerprint density at radius 3 is 2.52 bits per heavy atom. The Kier molecular flexibility index (Phi) is 5.06. The number of rotatable bonds is 4. The van der Waals surface area contributed by atoms with E-state index in [4.69, 9.17) is 23.2 Å². The van der Waals surface area contributed by atoms with Crippen LogP contribution in [0.3, 0.4) is 0 Å². The zero-order valence-electron chi connectivity index (χ0n) is 11.9. The van der Waals surface area contributed by atoms with Gasteiger partial charge in [-0.3, -0.25) is 9.78 Å². The number of hydrogen-bond donors (Lipinski definition) is 1. The molecular formula is C17H12Cl2N2OS. The number of fused-ring (bicyclic) bond motifs is 1. The van der Waals surface area contributed by atoms with Gasteiger partial charge in [-0.1, -0.05) is 47.5 Å². The maximum absolute atomic E-state index is 12.2. The van der Waals surface area contributed by atoms with Gasteiger partial charge in [0.1, 0.15) is 0 Å². The second kappa shape index (κ2) is 7.21. The third-order valence-electron chi connectivity index (χ3n) is 3.18. The number of amides is 1. The van der Waals surface area contributed by atoms with Gasteiger partial charge in [0.05, 0.1) is 27.0 Å². The van der Waals surface area contributed by atoms with Crippen LogP contribution in [0.2, 0.25) is 10.0 Å². The van der Waals surface area contributed by atoms with Crippen molar-refractivity contribution in [3.8, 4) is 0 Å². The highest BCUT2D eigenvalue weighted by Gasteiger charge is 2.11. The largest absolute Gasteiger partial charge is 0.323 e. The molecule has 3 aromatic rings. The average molecular weight is 363 g/mol. The van der Waals surface area contributed by atoms with E-state index in [1.54, 1.807) is 24.4 Å². The fraction of sp³-hybridized carbons (Fsp3) is 0.0588. The molecule has 0 bridgehead atoms. The van der Waals surface area contributed by atoms with Gasteiger partial charge in [0.25, 0.3) is 0 Å². The first-order chi connectivity index (χ1) is 11.1. The molecule has 0 saturated carbocycles. The summed E-state index contributed by atoms with van der Waals surface area (Å²) >= 11 is 13.5. The second-order valence-corrected chi connectivity index (χ2v) is 6.60. The monoisotopic (exact) mass is 362 g/mol. The average Bonchev–Trinajstić information content (AvgIpc) is 2.56. The van der Waals surface area contributed by atoms with Crippen molar-refractivity contribution < 1.29 is 4.79 Å². The Morgan fingerprint density at radius 2 is 1.74 bits per heavy atom. The Hall–Kier alpha value is -1.75. The molecule has 23 heavy (non-hydrogen) atoms. The van der Waals surface area contributed by atoms with Crippen LogP contribution in [0.5, 0.6) is 0 Å². The van der Waals surface area contributed by atoms with Crippen LogP contribution in [0.25, 0.3) is 10.9 Å². The van der Waals surface area contributed by atoms with Crippen molar-refractivity contribution in [3.05, 3.63) is 64.8 Å². The van der Waals surface area contributed by atoms with E-state index in [0.29, 0.717) is 15.7 Å². The van der Waals surface area contributed by atoms with E-state index in [1.807, 2.05) is 30.3 Å². The van der Waals surface area contributed by atoms with Crippen molar-refractivity contribution in [1.29, 1.82) is 0 Å². The van der Waals surface area contributed by atoms with E-state index in [-0.39, 0.29) is 11.7 Å². The van der Waals surface area contributed by atoms with E-state index in [0.717, 1.165) is 15.8 Å². The molecular weight excluding hydrogens is 351 g/mol. The number of para-hydroxylation sites is 2. The number of nitrogens with one attached hydrogen (secondary N) is 1. The minimum Gasteiger partial charge on any atom is -0.323 e. The molecule has 1 aromatic heterocycles. The minimum absolute atomic E-state index is 0.169. The number of benzene rings is 2. The van der Waals surface area contributed by atoms with Gasteiger partial charge in [-0.25, -0.2) is 0 Å². The van der Waals surface area contributed by atoms with Gasteiger partial charge in [-0.2, -0.15) is 0 Å². The van der Waals surface area contributed by atoms with E-state index in [9.17, 15) is 4.79 Å². The Bertz CT molecular complexity index is 845. The molecule has 0 radical (unpaired) electrons. The first kappa shape index (κ1) is 16.1. The van der Waals surface area contributed by atoms with Gasteiger partial charge in [0.15, 0.2) is 0 Å². The summed E-state index contributed by atoms with van der Waals surface area (Å²) < 4.78 is 0. The van der Waals surface area contributed by atoms with E-state index >= 15 is 0 Å². The molecule has 0 aliphatic rings. The maximum atomic E-state index is 12.2. The SMILES string of the molecule is O=C(CSc1cccc2cccnc12)Nc1c(Cl)cccc1Cl. The van der Waals surface area contributed by atoms with E-state index < -0.39 is 0 Å². The number of pyridine rings is 1.